The molecule has 0 radical (unpaired) electrons. The number of fused-ring (bicyclic) bond motifs is 1. The van der Waals surface area contributed by atoms with E-state index >= 15 is 0 Å². The van der Waals surface area contributed by atoms with Gasteiger partial charge in [-0.2, -0.15) is 0 Å². The van der Waals surface area contributed by atoms with Crippen LogP contribution in [0, 0.1) is 0 Å². The van der Waals surface area contributed by atoms with Gasteiger partial charge in [0.1, 0.15) is 5.15 Å². The van der Waals surface area contributed by atoms with E-state index in [0.29, 0.717) is 11.7 Å². The van der Waals surface area contributed by atoms with E-state index in [-0.39, 0.29) is 12.5 Å². The summed E-state index contributed by atoms with van der Waals surface area (Å²) >= 11 is 6.22. The van der Waals surface area contributed by atoms with Crippen molar-refractivity contribution in [2.24, 2.45) is 0 Å². The number of aromatic nitrogens is 1. The van der Waals surface area contributed by atoms with E-state index in [1.165, 1.54) is 7.11 Å². The number of likely N-dealkylation sites (N-methyl/N-ethyl adjacent to an activating group) is 1. The van der Waals surface area contributed by atoms with Crippen molar-refractivity contribution in [3.63, 3.8) is 0 Å². The summed E-state index contributed by atoms with van der Waals surface area (Å²) in [6.07, 6.45) is 0. The Morgan fingerprint density at radius 1 is 1.40 bits per heavy atom. The Hall–Kier alpha value is -1.65. The number of pyridine rings is 1. The molecule has 0 saturated carbocycles. The largest absolute Gasteiger partial charge is 0.468 e. The van der Waals surface area contributed by atoms with Gasteiger partial charge in [-0.1, -0.05) is 36.7 Å². The first-order valence-corrected chi connectivity index (χ1v) is 6.85. The Morgan fingerprint density at radius 2 is 2.15 bits per heavy atom. The Labute approximate surface area is 123 Å². The van der Waals surface area contributed by atoms with Gasteiger partial charge < -0.3 is 4.74 Å². The number of esters is 1. The molecular formula is C15H17ClN2O2. The predicted molar refractivity (Wildman–Crippen MR) is 79.7 cm³/mol. The van der Waals surface area contributed by atoms with E-state index in [1.54, 1.807) is 0 Å². The van der Waals surface area contributed by atoms with Crippen molar-refractivity contribution < 1.29 is 9.53 Å². The fourth-order valence-electron chi connectivity index (χ4n) is 2.01. The molecule has 0 atom stereocenters. The molecular weight excluding hydrogens is 276 g/mol. The number of hydrogen-bond acceptors (Lipinski definition) is 4. The number of methoxy groups -OCH3 is 1. The van der Waals surface area contributed by atoms with Crippen LogP contribution in [0.2, 0.25) is 5.15 Å². The van der Waals surface area contributed by atoms with Gasteiger partial charge in [-0.05, 0) is 18.7 Å². The number of benzene rings is 1. The Bertz CT molecular complexity index is 616. The summed E-state index contributed by atoms with van der Waals surface area (Å²) in [5.41, 5.74) is 1.79. The molecule has 0 aliphatic carbocycles. The first-order chi connectivity index (χ1) is 9.63. The molecule has 0 unspecified atom stereocenters. The Balaban J connectivity index is 2.23. The second kappa shape index (κ2) is 6.68. The molecule has 1 heterocycles. The maximum atomic E-state index is 11.4. The summed E-state index contributed by atoms with van der Waals surface area (Å²) in [6.45, 7) is 3.54. The van der Waals surface area contributed by atoms with Crippen LogP contribution in [-0.2, 0) is 16.1 Å². The highest BCUT2D eigenvalue weighted by Crippen LogP contribution is 2.21. The zero-order valence-electron chi connectivity index (χ0n) is 11.6. The quantitative estimate of drug-likeness (QED) is 0.628. The standard InChI is InChI=1S/C15H17ClN2O2/c1-3-18(10-14(19)20-2)9-12-8-11-6-4-5-7-13(11)17-15(12)16/h4-8H,3,9-10H2,1-2H3. The number of hydrogen-bond donors (Lipinski definition) is 0. The van der Waals surface area contributed by atoms with Crippen molar-refractivity contribution in [2.45, 2.75) is 13.5 Å². The van der Waals surface area contributed by atoms with E-state index in [4.69, 9.17) is 16.3 Å². The van der Waals surface area contributed by atoms with Crippen molar-refractivity contribution >= 4 is 28.5 Å². The van der Waals surface area contributed by atoms with Gasteiger partial charge in [0.15, 0.2) is 0 Å². The number of rotatable bonds is 5. The second-order valence-corrected chi connectivity index (χ2v) is 4.87. The highest BCUT2D eigenvalue weighted by Gasteiger charge is 2.13. The molecule has 106 valence electrons. The normalized spacial score (nSPS) is 11.0. The molecule has 0 fully saturated rings. The smallest absolute Gasteiger partial charge is 0.319 e. The minimum atomic E-state index is -0.253. The highest BCUT2D eigenvalue weighted by molar-refractivity contribution is 6.30. The zero-order chi connectivity index (χ0) is 14.5. The lowest BCUT2D eigenvalue weighted by atomic mass is 10.1. The SMILES string of the molecule is CCN(CC(=O)OC)Cc1cc2ccccc2nc1Cl. The molecule has 4 nitrogen and oxygen atoms in total. The first kappa shape index (κ1) is 14.8. The summed E-state index contributed by atoms with van der Waals surface area (Å²) in [5, 5.41) is 1.52. The van der Waals surface area contributed by atoms with Gasteiger partial charge in [0.2, 0.25) is 0 Å². The van der Waals surface area contributed by atoms with E-state index < -0.39 is 0 Å². The van der Waals surface area contributed by atoms with Gasteiger partial charge in [-0.15, -0.1) is 0 Å². The molecule has 5 heteroatoms. The molecule has 0 aliphatic heterocycles. The van der Waals surface area contributed by atoms with Crippen LogP contribution in [0.1, 0.15) is 12.5 Å². The van der Waals surface area contributed by atoms with Crippen LogP contribution in [-0.4, -0.2) is 36.1 Å². The molecule has 0 aliphatic rings. The average Bonchev–Trinajstić information content (AvgIpc) is 2.46. The molecule has 0 amide bonds. The van der Waals surface area contributed by atoms with Gasteiger partial charge >= 0.3 is 5.97 Å². The lowest BCUT2D eigenvalue weighted by Gasteiger charge is -2.19. The van der Waals surface area contributed by atoms with Gasteiger partial charge in [0.25, 0.3) is 0 Å². The van der Waals surface area contributed by atoms with Crippen molar-refractivity contribution in [1.29, 1.82) is 0 Å². The minimum absolute atomic E-state index is 0.246. The molecule has 1 aromatic carbocycles. The summed E-state index contributed by atoms with van der Waals surface area (Å²) < 4.78 is 4.69. The number of carbonyl (C=O) groups is 1. The fraction of sp³-hybridized carbons (Fsp3) is 0.333. The number of halogens is 1. The summed E-state index contributed by atoms with van der Waals surface area (Å²) in [6, 6.07) is 9.84. The molecule has 20 heavy (non-hydrogen) atoms. The second-order valence-electron chi connectivity index (χ2n) is 4.51. The molecule has 0 bridgehead atoms. The lowest BCUT2D eigenvalue weighted by molar-refractivity contribution is -0.142. The van der Waals surface area contributed by atoms with Crippen LogP contribution < -0.4 is 0 Å². The van der Waals surface area contributed by atoms with Crippen LogP contribution in [0.4, 0.5) is 0 Å². The van der Waals surface area contributed by atoms with Gasteiger partial charge in [0, 0.05) is 17.5 Å². The van der Waals surface area contributed by atoms with Crippen LogP contribution in [0.15, 0.2) is 30.3 Å². The van der Waals surface area contributed by atoms with Crippen molar-refractivity contribution in [3.05, 3.63) is 41.0 Å². The molecule has 0 N–H and O–H groups in total. The van der Waals surface area contributed by atoms with Gasteiger partial charge in [-0.25, -0.2) is 4.98 Å². The van der Waals surface area contributed by atoms with Gasteiger partial charge in [0.05, 0.1) is 19.2 Å². The van der Waals surface area contributed by atoms with E-state index in [1.807, 2.05) is 42.2 Å². The van der Waals surface area contributed by atoms with Gasteiger partial charge in [-0.3, -0.25) is 9.69 Å². The molecule has 2 rings (SSSR count). The summed E-state index contributed by atoms with van der Waals surface area (Å²) in [4.78, 5) is 17.7. The molecule has 2 aromatic rings. The molecule has 0 spiro atoms. The predicted octanol–water partition coefficient (Wildman–Crippen LogP) is 2.88. The lowest BCUT2D eigenvalue weighted by Crippen LogP contribution is -2.30. The summed E-state index contributed by atoms with van der Waals surface area (Å²) in [7, 11) is 1.39. The third kappa shape index (κ3) is 3.46. The molecule has 0 saturated heterocycles. The van der Waals surface area contributed by atoms with E-state index in [9.17, 15) is 4.79 Å². The third-order valence-electron chi connectivity index (χ3n) is 3.17. The topological polar surface area (TPSA) is 42.4 Å². The number of ether oxygens (including phenoxy) is 1. The van der Waals surface area contributed by atoms with Crippen LogP contribution in [0.25, 0.3) is 10.9 Å². The third-order valence-corrected chi connectivity index (χ3v) is 3.50. The van der Waals surface area contributed by atoms with Crippen molar-refractivity contribution in [2.75, 3.05) is 20.2 Å². The number of carbonyl (C=O) groups excluding carboxylic acids is 1. The van der Waals surface area contributed by atoms with Crippen LogP contribution in [0.5, 0.6) is 0 Å². The van der Waals surface area contributed by atoms with Crippen LogP contribution in [0.3, 0.4) is 0 Å². The number of nitrogens with zero attached hydrogens (tertiary/aromatic N) is 2. The van der Waals surface area contributed by atoms with E-state index in [0.717, 1.165) is 23.0 Å². The van der Waals surface area contributed by atoms with Crippen molar-refractivity contribution in [1.82, 2.24) is 9.88 Å². The Morgan fingerprint density at radius 3 is 2.85 bits per heavy atom. The maximum Gasteiger partial charge on any atom is 0.319 e. The number of para-hydroxylation sites is 1. The van der Waals surface area contributed by atoms with Crippen molar-refractivity contribution in [3.8, 4) is 0 Å². The van der Waals surface area contributed by atoms with Crippen LogP contribution >= 0.6 is 11.6 Å². The molecule has 1 aromatic heterocycles. The van der Waals surface area contributed by atoms with E-state index in [2.05, 4.69) is 4.98 Å². The fourth-order valence-corrected chi connectivity index (χ4v) is 2.22. The zero-order valence-corrected chi connectivity index (χ0v) is 12.4. The summed E-state index contributed by atoms with van der Waals surface area (Å²) in [5.74, 6) is -0.253. The monoisotopic (exact) mass is 292 g/mol. The maximum absolute atomic E-state index is 11.4. The minimum Gasteiger partial charge on any atom is -0.468 e. The Kier molecular flexibility index (Phi) is 4.93. The highest BCUT2D eigenvalue weighted by atomic mass is 35.5. The first-order valence-electron chi connectivity index (χ1n) is 6.47. The average molecular weight is 293 g/mol.